The van der Waals surface area contributed by atoms with E-state index in [0.29, 0.717) is 24.3 Å². The summed E-state index contributed by atoms with van der Waals surface area (Å²) in [7, 11) is 1.64. The van der Waals surface area contributed by atoms with E-state index in [2.05, 4.69) is 35.2 Å². The first kappa shape index (κ1) is 20.5. The van der Waals surface area contributed by atoms with Gasteiger partial charge in [-0.05, 0) is 43.5 Å². The Balaban J connectivity index is 1.56. The van der Waals surface area contributed by atoms with Gasteiger partial charge in [0.15, 0.2) is 5.65 Å². The molecule has 6 nitrogen and oxygen atoms in total. The molecular weight excluding hydrogens is 436 g/mol. The van der Waals surface area contributed by atoms with Crippen molar-refractivity contribution in [2.75, 3.05) is 12.0 Å². The van der Waals surface area contributed by atoms with Crippen LogP contribution in [0.25, 0.3) is 16.8 Å². The first-order valence-corrected chi connectivity index (χ1v) is 11.6. The molecule has 168 valence electrons. The molecule has 1 aliphatic heterocycles. The van der Waals surface area contributed by atoms with Crippen LogP contribution >= 0.6 is 11.6 Å². The van der Waals surface area contributed by atoms with E-state index < -0.39 is 0 Å². The summed E-state index contributed by atoms with van der Waals surface area (Å²) >= 11 is 6.68. The second kappa shape index (κ2) is 8.04. The van der Waals surface area contributed by atoms with Gasteiger partial charge in [-0.1, -0.05) is 41.9 Å². The molecule has 2 aliphatic rings. The SMILES string of the molecule is COc1ccc(-c2c(C)nn3c(N(Cc4ccccc4)C4CC4)c4c(nc23)COC4)c(Cl)c1. The number of anilines is 1. The molecule has 2 aromatic heterocycles. The van der Waals surface area contributed by atoms with Crippen LogP contribution < -0.4 is 9.64 Å². The highest BCUT2D eigenvalue weighted by Gasteiger charge is 2.35. The van der Waals surface area contributed by atoms with Crippen molar-refractivity contribution in [1.82, 2.24) is 14.6 Å². The van der Waals surface area contributed by atoms with E-state index in [-0.39, 0.29) is 0 Å². The van der Waals surface area contributed by atoms with Crippen LogP contribution in [0.4, 0.5) is 5.82 Å². The zero-order chi connectivity index (χ0) is 22.5. The number of aryl methyl sites for hydroxylation is 1. The number of hydrogen-bond acceptors (Lipinski definition) is 5. The lowest BCUT2D eigenvalue weighted by Crippen LogP contribution is -2.29. The summed E-state index contributed by atoms with van der Waals surface area (Å²) in [6.07, 6.45) is 2.37. The van der Waals surface area contributed by atoms with Gasteiger partial charge in [-0.2, -0.15) is 9.61 Å². The lowest BCUT2D eigenvalue weighted by Gasteiger charge is -2.27. The molecule has 1 fully saturated rings. The summed E-state index contributed by atoms with van der Waals surface area (Å²) in [5, 5.41) is 5.61. The Kier molecular flexibility index (Phi) is 5.00. The Labute approximate surface area is 197 Å². The monoisotopic (exact) mass is 460 g/mol. The average molecular weight is 461 g/mol. The molecular formula is C26H25ClN4O2. The molecule has 0 spiro atoms. The van der Waals surface area contributed by atoms with Crippen molar-refractivity contribution < 1.29 is 9.47 Å². The van der Waals surface area contributed by atoms with Gasteiger partial charge in [0.25, 0.3) is 0 Å². The summed E-state index contributed by atoms with van der Waals surface area (Å²) in [6.45, 7) is 3.93. The van der Waals surface area contributed by atoms with Crippen molar-refractivity contribution in [2.24, 2.45) is 0 Å². The van der Waals surface area contributed by atoms with E-state index in [1.165, 1.54) is 18.4 Å². The Bertz CT molecular complexity index is 1350. The number of hydrogen-bond donors (Lipinski definition) is 0. The first-order valence-electron chi connectivity index (χ1n) is 11.3. The van der Waals surface area contributed by atoms with Crippen LogP contribution in [0.5, 0.6) is 5.75 Å². The summed E-state index contributed by atoms with van der Waals surface area (Å²) in [4.78, 5) is 7.51. The zero-order valence-electron chi connectivity index (χ0n) is 18.7. The molecule has 0 N–H and O–H groups in total. The molecule has 3 heterocycles. The predicted molar refractivity (Wildman–Crippen MR) is 129 cm³/mol. The maximum absolute atomic E-state index is 6.68. The Morgan fingerprint density at radius 1 is 1.15 bits per heavy atom. The fraction of sp³-hybridized carbons (Fsp3) is 0.308. The maximum Gasteiger partial charge on any atom is 0.165 e. The minimum Gasteiger partial charge on any atom is -0.497 e. The van der Waals surface area contributed by atoms with Crippen LogP contribution in [0.15, 0.2) is 48.5 Å². The zero-order valence-corrected chi connectivity index (χ0v) is 19.5. The standard InChI is InChI=1S/C26H25ClN4O2/c1-16-24(20-11-10-19(32-2)12-22(20)27)25-28-23-15-33-14-21(23)26(31(25)29-16)30(18-8-9-18)13-17-6-4-3-5-7-17/h3-7,10-12,18H,8-9,13-15H2,1-2H3. The van der Waals surface area contributed by atoms with Crippen LogP contribution in [0.3, 0.4) is 0 Å². The van der Waals surface area contributed by atoms with Crippen LogP contribution in [0, 0.1) is 6.92 Å². The molecule has 0 saturated heterocycles. The first-order chi connectivity index (χ1) is 16.1. The largest absolute Gasteiger partial charge is 0.497 e. The lowest BCUT2D eigenvalue weighted by atomic mass is 10.1. The Hall–Kier alpha value is -3.09. The third-order valence-corrected chi connectivity index (χ3v) is 6.79. The van der Waals surface area contributed by atoms with Gasteiger partial charge in [0, 0.05) is 23.7 Å². The molecule has 4 aromatic rings. The van der Waals surface area contributed by atoms with Gasteiger partial charge < -0.3 is 14.4 Å². The van der Waals surface area contributed by atoms with E-state index in [0.717, 1.165) is 51.8 Å². The fourth-order valence-corrected chi connectivity index (χ4v) is 4.98. The molecule has 1 saturated carbocycles. The van der Waals surface area contributed by atoms with Crippen molar-refractivity contribution in [2.45, 2.75) is 45.6 Å². The van der Waals surface area contributed by atoms with Crippen molar-refractivity contribution in [3.63, 3.8) is 0 Å². The van der Waals surface area contributed by atoms with Gasteiger partial charge in [-0.25, -0.2) is 4.98 Å². The predicted octanol–water partition coefficient (Wildman–Crippen LogP) is 5.57. The van der Waals surface area contributed by atoms with Crippen LogP contribution in [-0.4, -0.2) is 27.7 Å². The van der Waals surface area contributed by atoms with Crippen molar-refractivity contribution in [3.05, 3.63) is 76.1 Å². The Morgan fingerprint density at radius 3 is 2.70 bits per heavy atom. The smallest absolute Gasteiger partial charge is 0.165 e. The quantitative estimate of drug-likeness (QED) is 0.376. The number of halogens is 1. The highest BCUT2D eigenvalue weighted by Crippen LogP contribution is 2.41. The topological polar surface area (TPSA) is 51.9 Å². The van der Waals surface area contributed by atoms with E-state index in [1.54, 1.807) is 7.11 Å². The van der Waals surface area contributed by atoms with Gasteiger partial charge in [0.2, 0.25) is 0 Å². The minimum atomic E-state index is 0.498. The molecule has 0 amide bonds. The molecule has 1 aliphatic carbocycles. The maximum atomic E-state index is 6.68. The Morgan fingerprint density at radius 2 is 1.97 bits per heavy atom. The summed E-state index contributed by atoms with van der Waals surface area (Å²) in [6, 6.07) is 16.9. The lowest BCUT2D eigenvalue weighted by molar-refractivity contribution is 0.133. The molecule has 2 aromatic carbocycles. The van der Waals surface area contributed by atoms with E-state index >= 15 is 0 Å². The highest BCUT2D eigenvalue weighted by atomic mass is 35.5. The van der Waals surface area contributed by atoms with Gasteiger partial charge in [0.1, 0.15) is 11.6 Å². The molecule has 6 rings (SSSR count). The minimum absolute atomic E-state index is 0.498. The average Bonchev–Trinajstić information content (AvgIpc) is 3.48. The van der Waals surface area contributed by atoms with E-state index in [4.69, 9.17) is 31.2 Å². The summed E-state index contributed by atoms with van der Waals surface area (Å²) in [5.41, 5.74) is 6.98. The highest BCUT2D eigenvalue weighted by molar-refractivity contribution is 6.33. The normalized spacial score (nSPS) is 15.1. The second-order valence-electron chi connectivity index (χ2n) is 8.74. The second-order valence-corrected chi connectivity index (χ2v) is 9.15. The van der Waals surface area contributed by atoms with Crippen LogP contribution in [0.1, 0.15) is 35.4 Å². The summed E-state index contributed by atoms with van der Waals surface area (Å²) in [5.74, 6) is 1.82. The van der Waals surface area contributed by atoms with E-state index in [9.17, 15) is 0 Å². The number of nitrogens with zero attached hydrogens (tertiary/aromatic N) is 4. The molecule has 0 bridgehead atoms. The molecule has 7 heteroatoms. The number of benzene rings is 2. The fourth-order valence-electron chi connectivity index (χ4n) is 4.71. The van der Waals surface area contributed by atoms with Gasteiger partial charge >= 0.3 is 0 Å². The van der Waals surface area contributed by atoms with Crippen molar-refractivity contribution >= 4 is 23.1 Å². The third kappa shape index (κ3) is 3.54. The molecule has 0 radical (unpaired) electrons. The number of fused-ring (bicyclic) bond motifs is 2. The van der Waals surface area contributed by atoms with Gasteiger partial charge in [-0.3, -0.25) is 0 Å². The number of rotatable bonds is 6. The molecule has 0 atom stereocenters. The van der Waals surface area contributed by atoms with Crippen molar-refractivity contribution in [3.8, 4) is 16.9 Å². The van der Waals surface area contributed by atoms with Gasteiger partial charge in [-0.15, -0.1) is 0 Å². The summed E-state index contributed by atoms with van der Waals surface area (Å²) < 4.78 is 13.2. The molecule has 33 heavy (non-hydrogen) atoms. The number of methoxy groups -OCH3 is 1. The van der Waals surface area contributed by atoms with E-state index in [1.807, 2.05) is 29.6 Å². The van der Waals surface area contributed by atoms with Gasteiger partial charge in [0.05, 0.1) is 42.3 Å². The molecule has 0 unspecified atom stereocenters. The van der Waals surface area contributed by atoms with Crippen molar-refractivity contribution in [1.29, 1.82) is 0 Å². The third-order valence-electron chi connectivity index (χ3n) is 6.48. The van der Waals surface area contributed by atoms with Crippen LogP contribution in [0.2, 0.25) is 5.02 Å². The van der Waals surface area contributed by atoms with Crippen LogP contribution in [-0.2, 0) is 24.5 Å². The number of aromatic nitrogens is 3. The number of ether oxygens (including phenoxy) is 2.